The quantitative estimate of drug-likeness (QED) is 0.196. The molecule has 2 amide bonds. The lowest BCUT2D eigenvalue weighted by Crippen LogP contribution is -2.52. The number of carbonyl (C=O) groups is 2. The second-order valence-electron chi connectivity index (χ2n) is 16.7. The van der Waals surface area contributed by atoms with Crippen molar-refractivity contribution < 1.29 is 19.1 Å². The number of nitrogens with zero attached hydrogens (tertiary/aromatic N) is 3. The molecule has 0 bridgehead atoms. The Kier molecular flexibility index (Phi) is 8.46. The number of nitrogens with one attached hydrogen (secondary N) is 3. The van der Waals surface area contributed by atoms with Gasteiger partial charge in [0.2, 0.25) is 0 Å². The second kappa shape index (κ2) is 12.9. The lowest BCUT2D eigenvalue weighted by atomic mass is 9.89. The maximum Gasteiger partial charge on any atom is 0.410 e. The average Bonchev–Trinajstić information content (AvgIpc) is 3.91. The van der Waals surface area contributed by atoms with Gasteiger partial charge < -0.3 is 30.0 Å². The molecule has 1 aromatic heterocycles. The Morgan fingerprint density at radius 2 is 1.38 bits per heavy atom. The normalized spacial score (nSPS) is 21.5. The van der Waals surface area contributed by atoms with Crippen molar-refractivity contribution in [2.75, 3.05) is 13.1 Å². The van der Waals surface area contributed by atoms with Gasteiger partial charge >= 0.3 is 12.2 Å². The average molecular weight is 703 g/mol. The van der Waals surface area contributed by atoms with Crippen LogP contribution in [0.25, 0.3) is 38.9 Å². The van der Waals surface area contributed by atoms with Crippen molar-refractivity contribution >= 4 is 28.7 Å². The Morgan fingerprint density at radius 3 is 2.13 bits per heavy atom. The van der Waals surface area contributed by atoms with Crippen LogP contribution in [0.5, 0.6) is 0 Å². The van der Waals surface area contributed by atoms with Gasteiger partial charge in [-0.05, 0) is 120 Å². The molecule has 1 unspecified atom stereocenters. The van der Waals surface area contributed by atoms with E-state index < -0.39 is 11.2 Å². The number of hydrogen-bond acceptors (Lipinski definition) is 7. The molecule has 3 N–H and O–H groups in total. The summed E-state index contributed by atoms with van der Waals surface area (Å²) in [7, 11) is 0. The molecule has 10 heteroatoms. The van der Waals surface area contributed by atoms with Crippen molar-refractivity contribution in [1.82, 2.24) is 30.4 Å². The summed E-state index contributed by atoms with van der Waals surface area (Å²) in [5.41, 5.74) is 8.28. The van der Waals surface area contributed by atoms with E-state index in [1.165, 1.54) is 33.3 Å². The summed E-state index contributed by atoms with van der Waals surface area (Å²) in [4.78, 5) is 37.8. The largest absolute Gasteiger partial charge is 0.444 e. The highest BCUT2D eigenvalue weighted by Crippen LogP contribution is 2.38. The predicted octanol–water partition coefficient (Wildman–Crippen LogP) is 8.50. The number of imidazole rings is 1. The van der Waals surface area contributed by atoms with Gasteiger partial charge in [-0.25, -0.2) is 14.6 Å². The zero-order valence-corrected chi connectivity index (χ0v) is 31.1. The molecule has 1 aliphatic carbocycles. The summed E-state index contributed by atoms with van der Waals surface area (Å²) >= 11 is 0. The highest BCUT2D eigenvalue weighted by molar-refractivity contribution is 5.91. The van der Waals surface area contributed by atoms with Gasteiger partial charge in [0.15, 0.2) is 0 Å². The van der Waals surface area contributed by atoms with Crippen molar-refractivity contribution in [3.63, 3.8) is 0 Å². The smallest absolute Gasteiger partial charge is 0.410 e. The van der Waals surface area contributed by atoms with Crippen LogP contribution < -0.4 is 10.6 Å². The molecule has 3 atom stereocenters. The highest BCUT2D eigenvalue weighted by atomic mass is 16.6. The van der Waals surface area contributed by atoms with Crippen molar-refractivity contribution in [1.29, 1.82) is 0 Å². The number of amides is 2. The number of H-pyrrole nitrogens is 1. The zero-order valence-electron chi connectivity index (χ0n) is 31.1. The molecule has 2 fully saturated rings. The van der Waals surface area contributed by atoms with E-state index in [2.05, 4.69) is 70.2 Å². The Bertz CT molecular complexity index is 2070. The van der Waals surface area contributed by atoms with E-state index >= 15 is 0 Å². The van der Waals surface area contributed by atoms with Gasteiger partial charge in [-0.2, -0.15) is 0 Å². The lowest BCUT2D eigenvalue weighted by molar-refractivity contribution is 0.0192. The second-order valence-corrected chi connectivity index (χ2v) is 16.7. The van der Waals surface area contributed by atoms with E-state index in [1.54, 1.807) is 4.90 Å². The molecule has 4 aliphatic rings. The molecule has 0 spiro atoms. The molecule has 3 aliphatic heterocycles. The molecular weight excluding hydrogens is 652 g/mol. The molecule has 10 nitrogen and oxygen atoms in total. The first-order valence-electron chi connectivity index (χ1n) is 18.8. The first-order valence-corrected chi connectivity index (χ1v) is 18.8. The minimum atomic E-state index is -0.537. The highest BCUT2D eigenvalue weighted by Gasteiger charge is 2.41. The Labute approximate surface area is 306 Å². The molecule has 0 saturated carbocycles. The fourth-order valence-corrected chi connectivity index (χ4v) is 8.17. The van der Waals surface area contributed by atoms with Gasteiger partial charge in [-0.1, -0.05) is 42.5 Å². The van der Waals surface area contributed by atoms with Crippen molar-refractivity contribution in [3.05, 3.63) is 83.4 Å². The zero-order chi connectivity index (χ0) is 36.4. The third-order valence-electron chi connectivity index (χ3n) is 10.5. The maximum absolute atomic E-state index is 13.0. The molecular formula is C42H50N6O4. The minimum absolute atomic E-state index is 0.0287. The van der Waals surface area contributed by atoms with E-state index in [-0.39, 0.29) is 30.4 Å². The third kappa shape index (κ3) is 6.71. The number of aromatic nitrogens is 2. The van der Waals surface area contributed by atoms with Gasteiger partial charge in [0.1, 0.15) is 23.2 Å². The first kappa shape index (κ1) is 34.1. The van der Waals surface area contributed by atoms with Crippen LogP contribution >= 0.6 is 0 Å². The number of carbonyl (C=O) groups excluding carboxylic acids is 2. The standard InChI is InChI=1S/C42H50N6O4/c1-41(2,3)51-39(49)47-19-7-9-34(47)37-43-24-33(45-37)30-14-13-26-21-25(11-12-27(26)23-30)28-15-17-31-29(22-28)16-18-32-36(31)46-38(44-32)35-10-8-20-48(35)40(50)52-42(4,5)6/h11-15,17,21-24,34-35,38,44,46H,7-10,16,18-20H2,1-6H3,(H,43,45)/t34-,35-,38?/m0/s1. The van der Waals surface area contributed by atoms with E-state index in [0.717, 1.165) is 73.2 Å². The Balaban J connectivity index is 0.965. The summed E-state index contributed by atoms with van der Waals surface area (Å²) in [6.07, 6.45) is 6.91. The van der Waals surface area contributed by atoms with Gasteiger partial charge in [0, 0.05) is 29.9 Å². The van der Waals surface area contributed by atoms with Crippen molar-refractivity contribution in [2.24, 2.45) is 0 Å². The number of allylic oxidation sites excluding steroid dienone is 1. The number of ether oxygens (including phenoxy) is 2. The molecule has 3 aromatic carbocycles. The first-order chi connectivity index (χ1) is 24.8. The number of aryl methyl sites for hydroxylation is 1. The van der Waals surface area contributed by atoms with Crippen LogP contribution in [0.3, 0.4) is 0 Å². The summed E-state index contributed by atoms with van der Waals surface area (Å²) in [6.45, 7) is 12.8. The van der Waals surface area contributed by atoms with Crippen LogP contribution in [-0.2, 0) is 15.9 Å². The number of benzene rings is 3. The van der Waals surface area contributed by atoms with Gasteiger partial charge in [-0.15, -0.1) is 0 Å². The van der Waals surface area contributed by atoms with Crippen molar-refractivity contribution in [3.8, 4) is 22.4 Å². The molecule has 8 rings (SSSR count). The van der Waals surface area contributed by atoms with Crippen LogP contribution in [0.1, 0.15) is 96.6 Å². The number of rotatable bonds is 4. The Hall–Kier alpha value is -4.99. The molecule has 52 heavy (non-hydrogen) atoms. The van der Waals surface area contributed by atoms with Gasteiger partial charge in [0.05, 0.1) is 29.7 Å². The summed E-state index contributed by atoms with van der Waals surface area (Å²) in [6, 6.07) is 19.9. The lowest BCUT2D eigenvalue weighted by Gasteiger charge is -2.32. The third-order valence-corrected chi connectivity index (χ3v) is 10.5. The number of likely N-dealkylation sites (tertiary alicyclic amines) is 2. The predicted molar refractivity (Wildman–Crippen MR) is 203 cm³/mol. The van der Waals surface area contributed by atoms with E-state index in [0.29, 0.717) is 6.54 Å². The molecule has 2 saturated heterocycles. The Morgan fingerprint density at radius 1 is 0.750 bits per heavy atom. The topological polar surface area (TPSA) is 112 Å². The van der Waals surface area contributed by atoms with Crippen LogP contribution in [-0.4, -0.2) is 68.5 Å². The minimum Gasteiger partial charge on any atom is -0.444 e. The summed E-state index contributed by atoms with van der Waals surface area (Å²) in [5.74, 6) is 0.796. The summed E-state index contributed by atoms with van der Waals surface area (Å²) < 4.78 is 11.4. The van der Waals surface area contributed by atoms with E-state index in [9.17, 15) is 9.59 Å². The van der Waals surface area contributed by atoms with Gasteiger partial charge in [-0.3, -0.25) is 4.90 Å². The molecule has 4 aromatic rings. The molecule has 0 radical (unpaired) electrons. The molecule has 272 valence electrons. The fourth-order valence-electron chi connectivity index (χ4n) is 8.17. The fraction of sp³-hybridized carbons (Fsp3) is 0.452. The van der Waals surface area contributed by atoms with E-state index in [4.69, 9.17) is 14.5 Å². The molecule has 4 heterocycles. The SMILES string of the molecule is CC(C)(C)OC(=O)N1CCC[C@H]1c1ncc(-c2ccc3cc(-c4ccc5c(c4)CCC4=C5NC([C@@H]5CCCN5C(=O)OC(C)(C)C)N4)ccc3c2)[nH]1. The number of aromatic amines is 1. The van der Waals surface area contributed by atoms with Crippen LogP contribution in [0, 0.1) is 0 Å². The van der Waals surface area contributed by atoms with Crippen LogP contribution in [0.2, 0.25) is 0 Å². The van der Waals surface area contributed by atoms with Gasteiger partial charge in [0.25, 0.3) is 0 Å². The van der Waals surface area contributed by atoms with E-state index in [1.807, 2.05) is 52.6 Å². The number of hydrogen-bond donors (Lipinski definition) is 3. The summed E-state index contributed by atoms with van der Waals surface area (Å²) in [5, 5.41) is 9.82. The van der Waals surface area contributed by atoms with Crippen LogP contribution in [0.15, 0.2) is 66.5 Å². The van der Waals surface area contributed by atoms with Crippen LogP contribution in [0.4, 0.5) is 9.59 Å². The monoisotopic (exact) mass is 702 g/mol. The number of fused-ring (bicyclic) bond motifs is 3. The van der Waals surface area contributed by atoms with Crippen molar-refractivity contribution in [2.45, 2.75) is 110 Å². The maximum atomic E-state index is 13.0.